The molecule has 0 saturated heterocycles. The first kappa shape index (κ1) is 12.8. The molecular formula is C14H19N5O. The predicted octanol–water partition coefficient (Wildman–Crippen LogP) is 1.67. The molecule has 1 aliphatic heterocycles. The van der Waals surface area contributed by atoms with Crippen molar-refractivity contribution < 1.29 is 4.74 Å². The molecule has 0 saturated carbocycles. The van der Waals surface area contributed by atoms with E-state index in [1.54, 1.807) is 6.33 Å². The van der Waals surface area contributed by atoms with Crippen LogP contribution >= 0.6 is 0 Å². The summed E-state index contributed by atoms with van der Waals surface area (Å²) in [7, 11) is 0. The van der Waals surface area contributed by atoms with Crippen LogP contribution in [0, 0.1) is 0 Å². The Morgan fingerprint density at radius 3 is 2.95 bits per heavy atom. The smallest absolute Gasteiger partial charge is 0.152 e. The first-order valence-corrected chi connectivity index (χ1v) is 6.82. The fourth-order valence-electron chi connectivity index (χ4n) is 2.44. The van der Waals surface area contributed by atoms with Gasteiger partial charge in [0.1, 0.15) is 12.1 Å². The Morgan fingerprint density at radius 1 is 1.30 bits per heavy atom. The van der Waals surface area contributed by atoms with Crippen LogP contribution in [0.2, 0.25) is 0 Å². The fraction of sp³-hybridized carbons (Fsp3) is 0.429. The van der Waals surface area contributed by atoms with Gasteiger partial charge in [-0.05, 0) is 26.0 Å². The molecule has 1 aromatic heterocycles. The summed E-state index contributed by atoms with van der Waals surface area (Å²) in [5, 5.41) is 8.07. The van der Waals surface area contributed by atoms with Crippen LogP contribution < -0.4 is 15.4 Å². The van der Waals surface area contributed by atoms with Crippen molar-refractivity contribution in [3.63, 3.8) is 0 Å². The molecule has 0 aliphatic carbocycles. The van der Waals surface area contributed by atoms with E-state index in [4.69, 9.17) is 10.5 Å². The predicted molar refractivity (Wildman–Crippen MR) is 77.7 cm³/mol. The van der Waals surface area contributed by atoms with Crippen LogP contribution in [0.4, 0.5) is 11.4 Å². The van der Waals surface area contributed by atoms with Crippen LogP contribution in [-0.4, -0.2) is 27.4 Å². The van der Waals surface area contributed by atoms with Gasteiger partial charge in [-0.2, -0.15) is 0 Å². The van der Waals surface area contributed by atoms with Gasteiger partial charge in [0.15, 0.2) is 5.82 Å². The minimum atomic E-state index is 0.108. The summed E-state index contributed by atoms with van der Waals surface area (Å²) in [6.07, 6.45) is 1.88. The molecule has 2 heterocycles. The highest BCUT2D eigenvalue weighted by molar-refractivity contribution is 5.74. The van der Waals surface area contributed by atoms with Crippen molar-refractivity contribution >= 4 is 11.4 Å². The molecule has 0 fully saturated rings. The average molecular weight is 273 g/mol. The Labute approximate surface area is 118 Å². The number of nitrogen functional groups attached to an aromatic ring is 1. The topological polar surface area (TPSA) is 69.2 Å². The molecule has 20 heavy (non-hydrogen) atoms. The highest BCUT2D eigenvalue weighted by Crippen LogP contribution is 2.34. The summed E-state index contributed by atoms with van der Waals surface area (Å²) in [6, 6.07) is 5.91. The summed E-state index contributed by atoms with van der Waals surface area (Å²) in [5.74, 6) is 1.70. The zero-order valence-corrected chi connectivity index (χ0v) is 11.8. The second-order valence-corrected chi connectivity index (χ2v) is 5.22. The molecule has 0 unspecified atom stereocenters. The summed E-state index contributed by atoms with van der Waals surface area (Å²) in [4.78, 5) is 2.21. The molecule has 106 valence electrons. The van der Waals surface area contributed by atoms with Crippen molar-refractivity contribution in [1.82, 2.24) is 14.8 Å². The SMILES string of the molecule is CC(C)Oc1cccc(N2CCn3cnnc3C2)c1N. The number of aromatic nitrogens is 3. The van der Waals surface area contributed by atoms with Gasteiger partial charge in [0.25, 0.3) is 0 Å². The number of benzene rings is 1. The highest BCUT2D eigenvalue weighted by atomic mass is 16.5. The van der Waals surface area contributed by atoms with Crippen LogP contribution in [0.15, 0.2) is 24.5 Å². The van der Waals surface area contributed by atoms with Crippen LogP contribution in [0.1, 0.15) is 19.7 Å². The number of nitrogens with two attached hydrogens (primary N) is 1. The number of hydrogen-bond donors (Lipinski definition) is 1. The maximum Gasteiger partial charge on any atom is 0.152 e. The van der Waals surface area contributed by atoms with E-state index in [2.05, 4.69) is 19.7 Å². The number of nitrogens with zero attached hydrogens (tertiary/aromatic N) is 4. The summed E-state index contributed by atoms with van der Waals surface area (Å²) in [5.41, 5.74) is 7.93. The van der Waals surface area contributed by atoms with E-state index in [1.165, 1.54) is 0 Å². The molecule has 0 amide bonds. The Balaban J connectivity index is 1.88. The maximum atomic E-state index is 6.25. The zero-order chi connectivity index (χ0) is 14.1. The Kier molecular flexibility index (Phi) is 3.22. The van der Waals surface area contributed by atoms with Gasteiger partial charge < -0.3 is 19.9 Å². The summed E-state index contributed by atoms with van der Waals surface area (Å²) >= 11 is 0. The Hall–Kier alpha value is -2.24. The molecule has 2 N–H and O–H groups in total. The third-order valence-corrected chi connectivity index (χ3v) is 3.39. The molecule has 0 spiro atoms. The molecule has 6 nitrogen and oxygen atoms in total. The zero-order valence-electron chi connectivity index (χ0n) is 11.8. The van der Waals surface area contributed by atoms with Crippen LogP contribution in [0.25, 0.3) is 0 Å². The van der Waals surface area contributed by atoms with Gasteiger partial charge in [-0.1, -0.05) is 6.07 Å². The minimum absolute atomic E-state index is 0.108. The van der Waals surface area contributed by atoms with Gasteiger partial charge in [0.2, 0.25) is 0 Å². The van der Waals surface area contributed by atoms with E-state index in [0.717, 1.165) is 36.9 Å². The number of rotatable bonds is 3. The van der Waals surface area contributed by atoms with Gasteiger partial charge in [-0.3, -0.25) is 0 Å². The third kappa shape index (κ3) is 2.29. The van der Waals surface area contributed by atoms with E-state index in [1.807, 2.05) is 32.0 Å². The van der Waals surface area contributed by atoms with E-state index >= 15 is 0 Å². The number of para-hydroxylation sites is 1. The van der Waals surface area contributed by atoms with Crippen molar-refractivity contribution in [3.05, 3.63) is 30.4 Å². The van der Waals surface area contributed by atoms with Gasteiger partial charge in [-0.25, -0.2) is 0 Å². The van der Waals surface area contributed by atoms with Crippen molar-refractivity contribution in [2.75, 3.05) is 17.2 Å². The van der Waals surface area contributed by atoms with Gasteiger partial charge in [-0.15, -0.1) is 10.2 Å². The van der Waals surface area contributed by atoms with Crippen molar-refractivity contribution in [2.45, 2.75) is 33.0 Å². The standard InChI is InChI=1S/C14H19N5O/c1-10(2)20-12-5-3-4-11(14(12)15)18-6-7-19-9-16-17-13(19)8-18/h3-5,9-10H,6-8,15H2,1-2H3. The molecule has 0 bridgehead atoms. The first-order chi connectivity index (χ1) is 9.65. The second kappa shape index (κ2) is 5.03. The van der Waals surface area contributed by atoms with Gasteiger partial charge >= 0.3 is 0 Å². The van der Waals surface area contributed by atoms with Crippen LogP contribution in [0.5, 0.6) is 5.75 Å². The molecule has 3 rings (SSSR count). The molecule has 1 aromatic carbocycles. The number of anilines is 2. The van der Waals surface area contributed by atoms with E-state index < -0.39 is 0 Å². The lowest BCUT2D eigenvalue weighted by Crippen LogP contribution is -2.34. The lowest BCUT2D eigenvalue weighted by atomic mass is 10.2. The Morgan fingerprint density at radius 2 is 2.15 bits per heavy atom. The van der Waals surface area contributed by atoms with Crippen molar-refractivity contribution in [2.24, 2.45) is 0 Å². The van der Waals surface area contributed by atoms with Crippen molar-refractivity contribution in [1.29, 1.82) is 0 Å². The molecule has 0 radical (unpaired) electrons. The highest BCUT2D eigenvalue weighted by Gasteiger charge is 2.20. The van der Waals surface area contributed by atoms with Gasteiger partial charge in [0, 0.05) is 13.1 Å². The van der Waals surface area contributed by atoms with Crippen molar-refractivity contribution in [3.8, 4) is 5.75 Å². The van der Waals surface area contributed by atoms with E-state index in [0.29, 0.717) is 5.69 Å². The number of hydrogen-bond acceptors (Lipinski definition) is 5. The number of fused-ring (bicyclic) bond motifs is 1. The molecule has 6 heteroatoms. The molecular weight excluding hydrogens is 254 g/mol. The van der Waals surface area contributed by atoms with E-state index in [9.17, 15) is 0 Å². The maximum absolute atomic E-state index is 6.25. The Bertz CT molecular complexity index is 607. The molecule has 0 atom stereocenters. The fourth-order valence-corrected chi connectivity index (χ4v) is 2.44. The molecule has 2 aromatic rings. The third-order valence-electron chi connectivity index (χ3n) is 3.39. The lowest BCUT2D eigenvalue weighted by molar-refractivity contribution is 0.244. The minimum Gasteiger partial charge on any atom is -0.489 e. The normalized spacial score (nSPS) is 14.4. The summed E-state index contributed by atoms with van der Waals surface area (Å²) < 4.78 is 7.82. The van der Waals surface area contributed by atoms with Crippen LogP contribution in [0.3, 0.4) is 0 Å². The molecule has 1 aliphatic rings. The largest absolute Gasteiger partial charge is 0.489 e. The monoisotopic (exact) mass is 273 g/mol. The summed E-state index contributed by atoms with van der Waals surface area (Å²) in [6.45, 7) is 6.47. The average Bonchev–Trinajstić information content (AvgIpc) is 2.88. The lowest BCUT2D eigenvalue weighted by Gasteiger charge is -2.30. The van der Waals surface area contributed by atoms with Crippen LogP contribution in [-0.2, 0) is 13.1 Å². The van der Waals surface area contributed by atoms with E-state index in [-0.39, 0.29) is 6.10 Å². The quantitative estimate of drug-likeness (QED) is 0.861. The first-order valence-electron chi connectivity index (χ1n) is 6.82. The second-order valence-electron chi connectivity index (χ2n) is 5.22. The number of ether oxygens (including phenoxy) is 1. The van der Waals surface area contributed by atoms with Gasteiger partial charge in [0.05, 0.1) is 24.0 Å².